The zero-order valence-electron chi connectivity index (χ0n) is 15.1. The van der Waals surface area contributed by atoms with Gasteiger partial charge < -0.3 is 9.42 Å². The minimum atomic E-state index is -3.61. The largest absolute Gasteiger partial charge is 0.357 e. The topological polar surface area (TPSA) is 101 Å². The fourth-order valence-corrected chi connectivity index (χ4v) is 4.27. The highest BCUT2D eigenvalue weighted by Crippen LogP contribution is 2.20. The molecule has 3 heterocycles. The van der Waals surface area contributed by atoms with Crippen LogP contribution in [-0.2, 0) is 22.3 Å². The van der Waals surface area contributed by atoms with Crippen LogP contribution in [0.25, 0.3) is 11.0 Å². The van der Waals surface area contributed by atoms with Gasteiger partial charge in [-0.1, -0.05) is 17.3 Å². The quantitative estimate of drug-likeness (QED) is 0.691. The maximum Gasteiger partial charge on any atom is 0.217 e. The van der Waals surface area contributed by atoms with Crippen LogP contribution in [0.5, 0.6) is 0 Å². The summed E-state index contributed by atoms with van der Waals surface area (Å²) in [5.74, 6) is 1.07. The van der Waals surface area contributed by atoms with Crippen LogP contribution in [0.1, 0.15) is 30.1 Å². The molecule has 142 valence electrons. The number of hydrogen-bond donors (Lipinski definition) is 1. The second-order valence-electron chi connectivity index (χ2n) is 6.68. The van der Waals surface area contributed by atoms with E-state index in [1.807, 2.05) is 25.1 Å². The molecule has 1 N–H and O–H groups in total. The van der Waals surface area contributed by atoms with E-state index >= 15 is 0 Å². The van der Waals surface area contributed by atoms with Gasteiger partial charge in [0.05, 0.1) is 6.54 Å². The summed E-state index contributed by atoms with van der Waals surface area (Å²) in [5, 5.41) is 4.58. The van der Waals surface area contributed by atoms with Crippen molar-refractivity contribution in [2.75, 3.05) is 18.0 Å². The monoisotopic (exact) mass is 387 g/mol. The van der Waals surface area contributed by atoms with Crippen LogP contribution in [0.4, 0.5) is 5.82 Å². The van der Waals surface area contributed by atoms with Gasteiger partial charge in [0.2, 0.25) is 10.0 Å². The second-order valence-corrected chi connectivity index (χ2v) is 8.49. The van der Waals surface area contributed by atoms with E-state index in [0.717, 1.165) is 37.4 Å². The van der Waals surface area contributed by atoms with Crippen LogP contribution in [0.3, 0.4) is 0 Å². The molecule has 0 spiro atoms. The molecule has 1 aliphatic heterocycles. The van der Waals surface area contributed by atoms with E-state index in [2.05, 4.69) is 24.7 Å². The Hall–Kier alpha value is -2.52. The summed E-state index contributed by atoms with van der Waals surface area (Å²) >= 11 is 0. The standard InChI is InChI=1S/C18H21N5O3S/c1-13-10-18(23-8-4-5-9-23)21-17(20-13)11-19-27(24,25)12-15-14-6-2-3-7-16(14)26-22-15/h2-3,6-7,10,19H,4-5,8-9,11-12H2,1H3. The van der Waals surface area contributed by atoms with Gasteiger partial charge in [-0.3, -0.25) is 0 Å². The van der Waals surface area contributed by atoms with Gasteiger partial charge in [-0.2, -0.15) is 0 Å². The maximum atomic E-state index is 12.5. The highest BCUT2D eigenvalue weighted by Gasteiger charge is 2.19. The molecule has 0 aliphatic carbocycles. The van der Waals surface area contributed by atoms with E-state index in [-0.39, 0.29) is 12.3 Å². The Labute approximate surface area is 157 Å². The van der Waals surface area contributed by atoms with Gasteiger partial charge in [-0.15, -0.1) is 0 Å². The van der Waals surface area contributed by atoms with Gasteiger partial charge in [0.1, 0.15) is 23.1 Å². The molecule has 0 saturated carbocycles. The van der Waals surface area contributed by atoms with Crippen LogP contribution in [0.15, 0.2) is 34.9 Å². The van der Waals surface area contributed by atoms with Crippen LogP contribution >= 0.6 is 0 Å². The first kappa shape index (κ1) is 17.9. The molecule has 3 aromatic rings. The summed E-state index contributed by atoms with van der Waals surface area (Å²) in [6.07, 6.45) is 2.30. The van der Waals surface area contributed by atoms with Crippen LogP contribution in [0, 0.1) is 6.92 Å². The van der Waals surface area contributed by atoms with Crippen LogP contribution in [-0.4, -0.2) is 36.6 Å². The number of para-hydroxylation sites is 1. The number of rotatable bonds is 6. The van der Waals surface area contributed by atoms with E-state index < -0.39 is 10.0 Å². The van der Waals surface area contributed by atoms with Gasteiger partial charge in [-0.25, -0.2) is 23.1 Å². The minimum absolute atomic E-state index is 0.0423. The zero-order valence-corrected chi connectivity index (χ0v) is 15.9. The number of sulfonamides is 1. The summed E-state index contributed by atoms with van der Waals surface area (Å²) < 4.78 is 32.7. The summed E-state index contributed by atoms with van der Waals surface area (Å²) in [6, 6.07) is 9.13. The van der Waals surface area contributed by atoms with Crippen molar-refractivity contribution in [2.45, 2.75) is 32.1 Å². The first-order valence-electron chi connectivity index (χ1n) is 8.90. The SMILES string of the molecule is Cc1cc(N2CCCC2)nc(CNS(=O)(=O)Cc2noc3ccccc23)n1. The smallest absolute Gasteiger partial charge is 0.217 e. The third-order valence-electron chi connectivity index (χ3n) is 4.55. The molecule has 1 saturated heterocycles. The molecule has 1 fully saturated rings. The highest BCUT2D eigenvalue weighted by atomic mass is 32.2. The molecule has 0 bridgehead atoms. The van der Waals surface area contributed by atoms with Gasteiger partial charge in [0.25, 0.3) is 0 Å². The van der Waals surface area contributed by atoms with Crippen molar-refractivity contribution in [2.24, 2.45) is 0 Å². The average molecular weight is 387 g/mol. The molecule has 0 atom stereocenters. The number of anilines is 1. The first-order valence-corrected chi connectivity index (χ1v) is 10.6. The normalized spacial score (nSPS) is 14.9. The van der Waals surface area contributed by atoms with E-state index in [4.69, 9.17) is 4.52 Å². The molecule has 4 rings (SSSR count). The lowest BCUT2D eigenvalue weighted by Gasteiger charge is -2.17. The Morgan fingerprint density at radius 3 is 2.78 bits per heavy atom. The molecule has 27 heavy (non-hydrogen) atoms. The molecule has 8 nitrogen and oxygen atoms in total. The van der Waals surface area contributed by atoms with Crippen molar-refractivity contribution in [1.29, 1.82) is 0 Å². The Kier molecular flexibility index (Phi) is 4.79. The molecule has 0 amide bonds. The third-order valence-corrected chi connectivity index (χ3v) is 5.78. The summed E-state index contributed by atoms with van der Waals surface area (Å²) in [5.41, 5.74) is 1.78. The van der Waals surface area contributed by atoms with Crippen molar-refractivity contribution >= 4 is 26.8 Å². The van der Waals surface area contributed by atoms with E-state index in [1.54, 1.807) is 12.1 Å². The number of fused-ring (bicyclic) bond motifs is 1. The van der Waals surface area contributed by atoms with Crippen molar-refractivity contribution in [3.63, 3.8) is 0 Å². The zero-order chi connectivity index (χ0) is 18.9. The number of benzene rings is 1. The molecule has 0 radical (unpaired) electrons. The number of nitrogens with one attached hydrogen (secondary N) is 1. The summed E-state index contributed by atoms with van der Waals surface area (Å²) in [7, 11) is -3.61. The third kappa shape index (κ3) is 4.09. The Morgan fingerprint density at radius 1 is 1.19 bits per heavy atom. The summed E-state index contributed by atoms with van der Waals surface area (Å²) in [4.78, 5) is 11.1. The average Bonchev–Trinajstić information content (AvgIpc) is 3.30. The maximum absolute atomic E-state index is 12.5. The van der Waals surface area contributed by atoms with Gasteiger partial charge in [-0.05, 0) is 31.9 Å². The van der Waals surface area contributed by atoms with Crippen molar-refractivity contribution in [3.8, 4) is 0 Å². The predicted molar refractivity (Wildman–Crippen MR) is 102 cm³/mol. The Balaban J connectivity index is 1.47. The van der Waals surface area contributed by atoms with Crippen molar-refractivity contribution in [3.05, 3.63) is 47.5 Å². The van der Waals surface area contributed by atoms with E-state index in [9.17, 15) is 8.42 Å². The number of aromatic nitrogens is 3. The first-order chi connectivity index (χ1) is 13.0. The lowest BCUT2D eigenvalue weighted by atomic mass is 10.2. The van der Waals surface area contributed by atoms with Gasteiger partial charge in [0, 0.05) is 30.2 Å². The number of aryl methyl sites for hydroxylation is 1. The predicted octanol–water partition coefficient (Wildman–Crippen LogP) is 2.15. The van der Waals surface area contributed by atoms with Gasteiger partial charge >= 0.3 is 0 Å². The molecular formula is C18H21N5O3S. The number of hydrogen-bond acceptors (Lipinski definition) is 7. The Bertz CT molecular complexity index is 1060. The summed E-state index contributed by atoms with van der Waals surface area (Å²) in [6.45, 7) is 3.88. The second kappa shape index (κ2) is 7.24. The fourth-order valence-electron chi connectivity index (χ4n) is 3.25. The molecule has 0 unspecified atom stereocenters. The van der Waals surface area contributed by atoms with Gasteiger partial charge in [0.15, 0.2) is 5.58 Å². The lowest BCUT2D eigenvalue weighted by molar-refractivity contribution is 0.448. The fraction of sp³-hybridized carbons (Fsp3) is 0.389. The molecule has 2 aromatic heterocycles. The molecule has 9 heteroatoms. The van der Waals surface area contributed by atoms with Crippen molar-refractivity contribution < 1.29 is 12.9 Å². The Morgan fingerprint density at radius 2 is 1.96 bits per heavy atom. The number of nitrogens with zero attached hydrogens (tertiary/aromatic N) is 4. The van der Waals surface area contributed by atoms with E-state index in [1.165, 1.54) is 0 Å². The minimum Gasteiger partial charge on any atom is -0.357 e. The molecule has 1 aliphatic rings. The lowest BCUT2D eigenvalue weighted by Crippen LogP contribution is -2.27. The van der Waals surface area contributed by atoms with Crippen molar-refractivity contribution in [1.82, 2.24) is 19.8 Å². The molecular weight excluding hydrogens is 366 g/mol. The highest BCUT2D eigenvalue weighted by molar-refractivity contribution is 7.88. The van der Waals surface area contributed by atoms with E-state index in [0.29, 0.717) is 22.5 Å². The molecule has 1 aromatic carbocycles. The van der Waals surface area contributed by atoms with Crippen LogP contribution in [0.2, 0.25) is 0 Å². The van der Waals surface area contributed by atoms with Crippen LogP contribution < -0.4 is 9.62 Å².